The summed E-state index contributed by atoms with van der Waals surface area (Å²) in [5.41, 5.74) is 0.876. The van der Waals surface area contributed by atoms with Crippen LogP contribution in [0.1, 0.15) is 23.6 Å². The molecule has 0 spiro atoms. The summed E-state index contributed by atoms with van der Waals surface area (Å²) in [4.78, 5) is 13.6. The molecule has 31 heavy (non-hydrogen) atoms. The minimum absolute atomic E-state index is 0.0265. The molecule has 1 atom stereocenters. The van der Waals surface area contributed by atoms with Gasteiger partial charge in [0.1, 0.15) is 11.5 Å². The fourth-order valence-corrected chi connectivity index (χ4v) is 4.58. The molecule has 0 fully saturated rings. The maximum absolute atomic E-state index is 12.5. The van der Waals surface area contributed by atoms with Crippen LogP contribution in [-0.2, 0) is 11.3 Å². The molecule has 0 saturated heterocycles. The Hall–Kier alpha value is -3.04. The summed E-state index contributed by atoms with van der Waals surface area (Å²) < 4.78 is 12.8. The van der Waals surface area contributed by atoms with Gasteiger partial charge in [0.05, 0.1) is 31.7 Å². The van der Waals surface area contributed by atoms with Crippen LogP contribution < -0.4 is 10.1 Å². The van der Waals surface area contributed by atoms with Crippen molar-refractivity contribution < 1.29 is 13.9 Å². The van der Waals surface area contributed by atoms with Gasteiger partial charge in [0.2, 0.25) is 5.91 Å². The van der Waals surface area contributed by atoms with Gasteiger partial charge in [-0.1, -0.05) is 30.0 Å². The Kier molecular flexibility index (Phi) is 6.73. The van der Waals surface area contributed by atoms with Crippen LogP contribution in [0.2, 0.25) is 0 Å². The maximum Gasteiger partial charge on any atom is 0.230 e. The van der Waals surface area contributed by atoms with E-state index < -0.39 is 0 Å². The number of aromatic nitrogens is 3. The molecule has 0 radical (unpaired) electrons. The first-order valence-electron chi connectivity index (χ1n) is 9.69. The number of hydrogen-bond acceptors (Lipinski definition) is 7. The fourth-order valence-electron chi connectivity index (χ4n) is 3.09. The predicted molar refractivity (Wildman–Crippen MR) is 121 cm³/mol. The molecule has 4 rings (SSSR count). The SMILES string of the molecule is COc1cccc(-c2nnc(SCC(=O)NC(C)c3cccs3)n2Cc2ccco2)c1. The van der Waals surface area contributed by atoms with E-state index >= 15 is 0 Å². The second kappa shape index (κ2) is 9.84. The molecule has 0 aliphatic heterocycles. The number of hydrogen-bond donors (Lipinski definition) is 1. The largest absolute Gasteiger partial charge is 0.497 e. The number of carbonyl (C=O) groups is 1. The summed E-state index contributed by atoms with van der Waals surface area (Å²) >= 11 is 2.98. The predicted octanol–water partition coefficient (Wildman–Crippen LogP) is 4.63. The van der Waals surface area contributed by atoms with Gasteiger partial charge in [0, 0.05) is 10.4 Å². The number of amides is 1. The highest BCUT2D eigenvalue weighted by molar-refractivity contribution is 7.99. The van der Waals surface area contributed by atoms with Crippen molar-refractivity contribution in [3.63, 3.8) is 0 Å². The summed E-state index contributed by atoms with van der Waals surface area (Å²) in [6.45, 7) is 2.44. The maximum atomic E-state index is 12.5. The number of nitrogens with zero attached hydrogens (tertiary/aromatic N) is 3. The van der Waals surface area contributed by atoms with Gasteiger partial charge in [-0.15, -0.1) is 21.5 Å². The van der Waals surface area contributed by atoms with E-state index in [9.17, 15) is 4.79 Å². The summed E-state index contributed by atoms with van der Waals surface area (Å²) in [7, 11) is 1.63. The fraction of sp³-hybridized carbons (Fsp3) is 0.227. The molecule has 0 saturated carbocycles. The van der Waals surface area contributed by atoms with Gasteiger partial charge < -0.3 is 14.5 Å². The highest BCUT2D eigenvalue weighted by Crippen LogP contribution is 2.28. The van der Waals surface area contributed by atoms with E-state index in [-0.39, 0.29) is 17.7 Å². The smallest absolute Gasteiger partial charge is 0.230 e. The number of methoxy groups -OCH3 is 1. The van der Waals surface area contributed by atoms with Crippen molar-refractivity contribution in [1.82, 2.24) is 20.1 Å². The van der Waals surface area contributed by atoms with E-state index in [1.807, 2.05) is 65.4 Å². The molecule has 1 unspecified atom stereocenters. The first kappa shape index (κ1) is 21.2. The Bertz CT molecular complexity index is 1120. The van der Waals surface area contributed by atoms with Gasteiger partial charge in [-0.2, -0.15) is 0 Å². The Morgan fingerprint density at radius 2 is 2.16 bits per heavy atom. The average Bonchev–Trinajstić information content (AvgIpc) is 3.55. The molecule has 3 heterocycles. The highest BCUT2D eigenvalue weighted by Gasteiger charge is 2.18. The number of thiophene rings is 1. The van der Waals surface area contributed by atoms with E-state index in [4.69, 9.17) is 9.15 Å². The zero-order valence-corrected chi connectivity index (χ0v) is 18.8. The first-order chi connectivity index (χ1) is 15.1. The highest BCUT2D eigenvalue weighted by atomic mass is 32.2. The van der Waals surface area contributed by atoms with Crippen LogP contribution in [0.4, 0.5) is 0 Å². The van der Waals surface area contributed by atoms with Crippen LogP contribution in [0.25, 0.3) is 11.4 Å². The van der Waals surface area contributed by atoms with Crippen molar-refractivity contribution in [3.8, 4) is 17.1 Å². The van der Waals surface area contributed by atoms with Crippen molar-refractivity contribution in [2.24, 2.45) is 0 Å². The quantitative estimate of drug-likeness (QED) is 0.372. The van der Waals surface area contributed by atoms with Crippen molar-refractivity contribution >= 4 is 29.0 Å². The van der Waals surface area contributed by atoms with Gasteiger partial charge in [0.25, 0.3) is 0 Å². The monoisotopic (exact) mass is 454 g/mol. The molecule has 0 bridgehead atoms. The number of furan rings is 1. The normalized spacial score (nSPS) is 11.9. The summed E-state index contributed by atoms with van der Waals surface area (Å²) in [5, 5.41) is 14.4. The van der Waals surface area contributed by atoms with E-state index in [0.717, 1.165) is 22.0 Å². The summed E-state index contributed by atoms with van der Waals surface area (Å²) in [5.74, 6) is 2.39. The molecule has 9 heteroatoms. The third-order valence-electron chi connectivity index (χ3n) is 4.62. The van der Waals surface area contributed by atoms with E-state index in [1.54, 1.807) is 24.7 Å². The Balaban J connectivity index is 1.52. The molecular weight excluding hydrogens is 432 g/mol. The van der Waals surface area contributed by atoms with Gasteiger partial charge in [-0.25, -0.2) is 0 Å². The second-order valence-electron chi connectivity index (χ2n) is 6.80. The molecule has 4 aromatic rings. The average molecular weight is 455 g/mol. The number of nitrogens with one attached hydrogen (secondary N) is 1. The van der Waals surface area contributed by atoms with Crippen LogP contribution in [0.5, 0.6) is 5.75 Å². The number of ether oxygens (including phenoxy) is 1. The Labute approximate surface area is 188 Å². The molecule has 1 amide bonds. The standard InChI is InChI=1S/C22H22N4O3S2/c1-15(19-9-5-11-30-19)23-20(27)14-31-22-25-24-21(16-6-3-7-17(12-16)28-2)26(22)13-18-8-4-10-29-18/h3-12,15H,13-14H2,1-2H3,(H,23,27). The van der Waals surface area contributed by atoms with Crippen LogP contribution in [0, 0.1) is 0 Å². The lowest BCUT2D eigenvalue weighted by molar-refractivity contribution is -0.119. The van der Waals surface area contributed by atoms with E-state index in [0.29, 0.717) is 17.5 Å². The zero-order valence-electron chi connectivity index (χ0n) is 17.1. The lowest BCUT2D eigenvalue weighted by atomic mass is 10.2. The molecule has 7 nitrogen and oxygen atoms in total. The van der Waals surface area contributed by atoms with Gasteiger partial charge in [-0.05, 0) is 42.6 Å². The summed E-state index contributed by atoms with van der Waals surface area (Å²) in [6.07, 6.45) is 1.64. The van der Waals surface area contributed by atoms with Gasteiger partial charge >= 0.3 is 0 Å². The van der Waals surface area contributed by atoms with Crippen molar-refractivity contribution in [3.05, 3.63) is 70.8 Å². The lowest BCUT2D eigenvalue weighted by Crippen LogP contribution is -2.27. The minimum Gasteiger partial charge on any atom is -0.497 e. The van der Waals surface area contributed by atoms with Crippen molar-refractivity contribution in [2.75, 3.05) is 12.9 Å². The number of rotatable bonds is 9. The number of thioether (sulfide) groups is 1. The Morgan fingerprint density at radius 1 is 1.26 bits per heavy atom. The van der Waals surface area contributed by atoms with Crippen molar-refractivity contribution in [2.45, 2.75) is 24.7 Å². The lowest BCUT2D eigenvalue weighted by Gasteiger charge is -2.12. The second-order valence-corrected chi connectivity index (χ2v) is 8.72. The van der Waals surface area contributed by atoms with E-state index in [2.05, 4.69) is 15.5 Å². The van der Waals surface area contributed by atoms with Gasteiger partial charge in [0.15, 0.2) is 11.0 Å². The van der Waals surface area contributed by atoms with Crippen LogP contribution in [0.15, 0.2) is 69.7 Å². The third-order valence-corrected chi connectivity index (χ3v) is 6.64. The van der Waals surface area contributed by atoms with Crippen LogP contribution >= 0.6 is 23.1 Å². The molecule has 0 aliphatic rings. The number of carbonyl (C=O) groups excluding carboxylic acids is 1. The zero-order chi connectivity index (χ0) is 21.6. The molecule has 160 valence electrons. The topological polar surface area (TPSA) is 82.2 Å². The molecular formula is C22H22N4O3S2. The summed E-state index contributed by atoms with van der Waals surface area (Å²) in [6, 6.07) is 15.4. The molecule has 1 aromatic carbocycles. The van der Waals surface area contributed by atoms with Crippen LogP contribution in [-0.4, -0.2) is 33.5 Å². The first-order valence-corrected chi connectivity index (χ1v) is 11.6. The molecule has 0 aliphatic carbocycles. The Morgan fingerprint density at radius 3 is 2.90 bits per heavy atom. The van der Waals surface area contributed by atoms with Crippen LogP contribution in [0.3, 0.4) is 0 Å². The third kappa shape index (κ3) is 5.18. The molecule has 1 N–H and O–H groups in total. The number of benzene rings is 1. The molecule has 3 aromatic heterocycles. The van der Waals surface area contributed by atoms with Gasteiger partial charge in [-0.3, -0.25) is 9.36 Å². The minimum atomic E-state index is -0.0543. The van der Waals surface area contributed by atoms with E-state index in [1.165, 1.54) is 11.8 Å². The van der Waals surface area contributed by atoms with Crippen molar-refractivity contribution in [1.29, 1.82) is 0 Å².